The Morgan fingerprint density at radius 3 is 2.54 bits per heavy atom. The predicted molar refractivity (Wildman–Crippen MR) is 99.2 cm³/mol. The number of aromatic hydroxyl groups is 1. The minimum atomic E-state index is -1.04. The first-order chi connectivity index (χ1) is 13.4. The maximum Gasteiger partial charge on any atom is 0.251 e. The van der Waals surface area contributed by atoms with E-state index in [9.17, 15) is 23.8 Å². The summed E-state index contributed by atoms with van der Waals surface area (Å²) in [4.78, 5) is 12.1. The first-order valence-electron chi connectivity index (χ1n) is 9.23. The summed E-state index contributed by atoms with van der Waals surface area (Å²) in [5.74, 6) is -1.90. The van der Waals surface area contributed by atoms with E-state index in [4.69, 9.17) is 4.74 Å². The molecule has 0 aliphatic heterocycles. The number of carbonyl (C=O) groups excluding carboxylic acids is 1. The highest BCUT2D eigenvalue weighted by atomic mass is 19.1. The molecule has 0 atom stereocenters. The maximum atomic E-state index is 13.6. The number of ether oxygens (including phenoxy) is 1. The lowest BCUT2D eigenvalue weighted by Crippen LogP contribution is -2.45. The molecule has 1 amide bonds. The highest BCUT2D eigenvalue weighted by Gasteiger charge is 2.34. The minimum absolute atomic E-state index is 0.0508. The summed E-state index contributed by atoms with van der Waals surface area (Å²) in [5, 5.41) is 22.5. The number of hydrogen-bond donors (Lipinski definition) is 3. The summed E-state index contributed by atoms with van der Waals surface area (Å²) in [6, 6.07) is 9.61. The Morgan fingerprint density at radius 2 is 1.86 bits per heavy atom. The number of halogens is 2. The van der Waals surface area contributed by atoms with Crippen LogP contribution in [0.25, 0.3) is 0 Å². The van der Waals surface area contributed by atoms with Crippen molar-refractivity contribution in [1.29, 1.82) is 0 Å². The van der Waals surface area contributed by atoms with Gasteiger partial charge in [-0.15, -0.1) is 0 Å². The molecular formula is C21H23F2NO4. The molecule has 3 rings (SSSR count). The van der Waals surface area contributed by atoms with Crippen molar-refractivity contribution in [3.8, 4) is 11.5 Å². The van der Waals surface area contributed by atoms with Crippen LogP contribution < -0.4 is 10.1 Å². The SMILES string of the molecule is O=C(NC[C@]1(O)CC[C@H](COc2ccccc2F)CC1)c1ccc(O)c(F)c1. The molecule has 1 aliphatic rings. The highest BCUT2D eigenvalue weighted by Crippen LogP contribution is 2.32. The summed E-state index contributed by atoms with van der Waals surface area (Å²) in [5.41, 5.74) is -0.967. The van der Waals surface area contributed by atoms with Crippen molar-refractivity contribution in [2.75, 3.05) is 13.2 Å². The highest BCUT2D eigenvalue weighted by molar-refractivity contribution is 5.94. The van der Waals surface area contributed by atoms with Crippen LogP contribution >= 0.6 is 0 Å². The number of rotatable bonds is 6. The Morgan fingerprint density at radius 1 is 1.14 bits per heavy atom. The van der Waals surface area contributed by atoms with Crippen molar-refractivity contribution in [2.24, 2.45) is 5.92 Å². The van der Waals surface area contributed by atoms with Gasteiger partial charge in [0, 0.05) is 12.1 Å². The van der Waals surface area contributed by atoms with Gasteiger partial charge in [0.1, 0.15) is 0 Å². The average Bonchev–Trinajstić information content (AvgIpc) is 2.69. The predicted octanol–water partition coefficient (Wildman–Crippen LogP) is 3.40. The molecule has 150 valence electrons. The van der Waals surface area contributed by atoms with Gasteiger partial charge in [0.15, 0.2) is 23.1 Å². The monoisotopic (exact) mass is 391 g/mol. The smallest absolute Gasteiger partial charge is 0.251 e. The van der Waals surface area contributed by atoms with Crippen molar-refractivity contribution in [3.05, 3.63) is 59.7 Å². The lowest BCUT2D eigenvalue weighted by molar-refractivity contribution is -0.0131. The number of phenolic OH excluding ortho intramolecular Hbond substituents is 1. The average molecular weight is 391 g/mol. The molecule has 3 N–H and O–H groups in total. The van der Waals surface area contributed by atoms with Crippen molar-refractivity contribution in [3.63, 3.8) is 0 Å². The third-order valence-electron chi connectivity index (χ3n) is 5.13. The van der Waals surface area contributed by atoms with E-state index in [1.807, 2.05) is 0 Å². The van der Waals surface area contributed by atoms with Gasteiger partial charge in [0.05, 0.1) is 12.2 Å². The van der Waals surface area contributed by atoms with Gasteiger partial charge in [-0.1, -0.05) is 12.1 Å². The van der Waals surface area contributed by atoms with Crippen LogP contribution in [0.4, 0.5) is 8.78 Å². The first kappa shape index (κ1) is 20.1. The fourth-order valence-electron chi connectivity index (χ4n) is 3.32. The van der Waals surface area contributed by atoms with Crippen LogP contribution in [0.2, 0.25) is 0 Å². The third kappa shape index (κ3) is 4.98. The molecule has 2 aromatic carbocycles. The zero-order valence-electron chi connectivity index (χ0n) is 15.3. The topological polar surface area (TPSA) is 78.8 Å². The van der Waals surface area contributed by atoms with Gasteiger partial charge in [-0.3, -0.25) is 4.79 Å². The number of carbonyl (C=O) groups is 1. The molecule has 0 bridgehead atoms. The Kier molecular flexibility index (Phi) is 6.14. The van der Waals surface area contributed by atoms with E-state index in [1.54, 1.807) is 18.2 Å². The minimum Gasteiger partial charge on any atom is -0.505 e. The van der Waals surface area contributed by atoms with Crippen LogP contribution in [-0.4, -0.2) is 34.9 Å². The molecule has 1 aliphatic carbocycles. The molecule has 28 heavy (non-hydrogen) atoms. The zero-order valence-corrected chi connectivity index (χ0v) is 15.3. The fraction of sp³-hybridized carbons (Fsp3) is 0.381. The van der Waals surface area contributed by atoms with E-state index in [2.05, 4.69) is 5.32 Å². The quantitative estimate of drug-likeness (QED) is 0.705. The molecule has 0 saturated heterocycles. The lowest BCUT2D eigenvalue weighted by Gasteiger charge is -2.36. The number of hydrogen-bond acceptors (Lipinski definition) is 4. The maximum absolute atomic E-state index is 13.6. The Hall–Kier alpha value is -2.67. The summed E-state index contributed by atoms with van der Waals surface area (Å²) in [7, 11) is 0. The number of para-hydroxylation sites is 1. The largest absolute Gasteiger partial charge is 0.505 e. The summed E-state index contributed by atoms with van der Waals surface area (Å²) in [6.07, 6.45) is 2.33. The Labute approximate surface area is 162 Å². The standard InChI is InChI=1S/C21H23F2NO4/c22-16-3-1-2-4-19(16)28-12-14-7-9-21(27,10-8-14)13-24-20(26)15-5-6-18(25)17(23)11-15/h1-6,11,14,25,27H,7-10,12-13H2,(H,24,26)/t14-,21-. The molecule has 2 aromatic rings. The molecule has 0 radical (unpaired) electrons. The van der Waals surface area contributed by atoms with Gasteiger partial charge in [-0.05, 0) is 61.9 Å². The first-order valence-corrected chi connectivity index (χ1v) is 9.23. The van der Waals surface area contributed by atoms with E-state index in [0.717, 1.165) is 12.1 Å². The Bertz CT molecular complexity index is 835. The van der Waals surface area contributed by atoms with Crippen LogP contribution in [0.1, 0.15) is 36.0 Å². The Balaban J connectivity index is 1.46. The molecule has 0 spiro atoms. The van der Waals surface area contributed by atoms with E-state index < -0.39 is 28.9 Å². The van der Waals surface area contributed by atoms with Gasteiger partial charge < -0.3 is 20.3 Å². The second-order valence-electron chi connectivity index (χ2n) is 7.26. The molecule has 0 heterocycles. The van der Waals surface area contributed by atoms with Crippen molar-refractivity contribution < 1.29 is 28.5 Å². The second kappa shape index (κ2) is 8.56. The van der Waals surface area contributed by atoms with Crippen LogP contribution in [0, 0.1) is 17.6 Å². The summed E-state index contributed by atoms with van der Waals surface area (Å²) >= 11 is 0. The molecule has 0 unspecified atom stereocenters. The number of phenols is 1. The van der Waals surface area contributed by atoms with E-state index >= 15 is 0 Å². The molecule has 5 nitrogen and oxygen atoms in total. The van der Waals surface area contributed by atoms with Crippen LogP contribution in [0.15, 0.2) is 42.5 Å². The van der Waals surface area contributed by atoms with Crippen LogP contribution in [0.3, 0.4) is 0 Å². The van der Waals surface area contributed by atoms with Crippen LogP contribution in [0.5, 0.6) is 11.5 Å². The van der Waals surface area contributed by atoms with Crippen molar-refractivity contribution >= 4 is 5.91 Å². The number of aliphatic hydroxyl groups is 1. The van der Waals surface area contributed by atoms with E-state index in [-0.39, 0.29) is 23.8 Å². The normalized spacial score (nSPS) is 21.9. The summed E-state index contributed by atoms with van der Waals surface area (Å²) in [6.45, 7) is 0.422. The summed E-state index contributed by atoms with van der Waals surface area (Å²) < 4.78 is 32.5. The third-order valence-corrected chi connectivity index (χ3v) is 5.13. The molecule has 7 heteroatoms. The van der Waals surface area contributed by atoms with Crippen molar-refractivity contribution in [1.82, 2.24) is 5.32 Å². The number of benzene rings is 2. The van der Waals surface area contributed by atoms with Gasteiger partial charge in [0.2, 0.25) is 0 Å². The van der Waals surface area contributed by atoms with E-state index in [1.165, 1.54) is 12.1 Å². The lowest BCUT2D eigenvalue weighted by atomic mass is 9.79. The van der Waals surface area contributed by atoms with Crippen molar-refractivity contribution in [2.45, 2.75) is 31.3 Å². The van der Waals surface area contributed by atoms with Gasteiger partial charge in [-0.25, -0.2) is 8.78 Å². The second-order valence-corrected chi connectivity index (χ2v) is 7.26. The van der Waals surface area contributed by atoms with Gasteiger partial charge in [-0.2, -0.15) is 0 Å². The molecular weight excluding hydrogens is 368 g/mol. The fourth-order valence-corrected chi connectivity index (χ4v) is 3.32. The van der Waals surface area contributed by atoms with E-state index in [0.29, 0.717) is 32.3 Å². The molecule has 1 saturated carbocycles. The van der Waals surface area contributed by atoms with Gasteiger partial charge >= 0.3 is 0 Å². The zero-order chi connectivity index (χ0) is 20.1. The molecule has 1 fully saturated rings. The number of amides is 1. The van der Waals surface area contributed by atoms with Crippen LogP contribution in [-0.2, 0) is 0 Å². The number of nitrogens with one attached hydrogen (secondary N) is 1. The van der Waals surface area contributed by atoms with Gasteiger partial charge in [0.25, 0.3) is 5.91 Å². The molecule has 0 aromatic heterocycles.